The zero-order valence-electron chi connectivity index (χ0n) is 8.34. The molecule has 0 aliphatic rings. The monoisotopic (exact) mass is 248 g/mol. The number of nitrogens with zero attached hydrogens (tertiary/aromatic N) is 2. The number of thiocarbonyl (C=S) groups is 1. The van der Waals surface area contributed by atoms with Gasteiger partial charge in [-0.1, -0.05) is 12.2 Å². The van der Waals surface area contributed by atoms with E-state index >= 15 is 0 Å². The van der Waals surface area contributed by atoms with E-state index in [0.717, 1.165) is 0 Å². The highest BCUT2D eigenvalue weighted by Gasteiger charge is 2.23. The third kappa shape index (κ3) is 2.90. The molecule has 1 heterocycles. The standard InChI is InChI=1S/C7H12N4O2S2/c1-5(7(8)14)15(12,13)10-6-3-9-11(2)4-6/h3-5,10H,1-2H3,(H2,8,14). The van der Waals surface area contributed by atoms with Crippen LogP contribution in [0.5, 0.6) is 0 Å². The molecule has 0 saturated heterocycles. The molecule has 84 valence electrons. The molecule has 0 fully saturated rings. The van der Waals surface area contributed by atoms with Gasteiger partial charge >= 0.3 is 0 Å². The van der Waals surface area contributed by atoms with E-state index in [1.54, 1.807) is 13.2 Å². The van der Waals surface area contributed by atoms with Crippen LogP contribution < -0.4 is 10.5 Å². The molecule has 0 aliphatic heterocycles. The van der Waals surface area contributed by atoms with E-state index < -0.39 is 15.3 Å². The SMILES string of the molecule is CC(C(N)=S)S(=O)(=O)Nc1cnn(C)c1. The molecule has 1 aromatic heterocycles. The molecule has 0 bridgehead atoms. The Bertz CT molecular complexity index is 465. The van der Waals surface area contributed by atoms with Crippen molar-refractivity contribution in [1.29, 1.82) is 0 Å². The number of aryl methyl sites for hydroxylation is 1. The van der Waals surface area contributed by atoms with Gasteiger partial charge in [-0.05, 0) is 6.92 Å². The second-order valence-corrected chi connectivity index (χ2v) is 5.57. The molecule has 15 heavy (non-hydrogen) atoms. The van der Waals surface area contributed by atoms with Gasteiger partial charge in [-0.25, -0.2) is 8.42 Å². The minimum Gasteiger partial charge on any atom is -0.392 e. The summed E-state index contributed by atoms with van der Waals surface area (Å²) in [5.41, 5.74) is 5.66. The summed E-state index contributed by atoms with van der Waals surface area (Å²) in [5.74, 6) is 0. The van der Waals surface area contributed by atoms with Crippen molar-refractivity contribution in [3.05, 3.63) is 12.4 Å². The predicted octanol–water partition coefficient (Wildman–Crippen LogP) is -0.164. The van der Waals surface area contributed by atoms with Gasteiger partial charge in [0.25, 0.3) is 0 Å². The molecule has 6 nitrogen and oxygen atoms in total. The van der Waals surface area contributed by atoms with Crippen molar-refractivity contribution in [2.45, 2.75) is 12.2 Å². The van der Waals surface area contributed by atoms with E-state index in [-0.39, 0.29) is 4.99 Å². The quantitative estimate of drug-likeness (QED) is 0.722. The van der Waals surface area contributed by atoms with Crippen LogP contribution in [0.15, 0.2) is 12.4 Å². The Kier molecular flexibility index (Phi) is 3.30. The Morgan fingerprint density at radius 3 is 2.73 bits per heavy atom. The van der Waals surface area contributed by atoms with Gasteiger partial charge in [0.2, 0.25) is 10.0 Å². The highest BCUT2D eigenvalue weighted by Crippen LogP contribution is 2.10. The Hall–Kier alpha value is -1.15. The van der Waals surface area contributed by atoms with Gasteiger partial charge in [0.05, 0.1) is 16.9 Å². The molecule has 0 amide bonds. The fourth-order valence-electron chi connectivity index (χ4n) is 0.879. The smallest absolute Gasteiger partial charge is 0.241 e. The van der Waals surface area contributed by atoms with Crippen LogP contribution in [-0.4, -0.2) is 28.4 Å². The van der Waals surface area contributed by atoms with Crippen molar-refractivity contribution in [2.75, 3.05) is 4.72 Å². The Morgan fingerprint density at radius 1 is 1.73 bits per heavy atom. The average Bonchev–Trinajstić information content (AvgIpc) is 2.48. The van der Waals surface area contributed by atoms with E-state index in [1.807, 2.05) is 0 Å². The van der Waals surface area contributed by atoms with Crippen LogP contribution in [-0.2, 0) is 17.1 Å². The third-order valence-corrected chi connectivity index (χ3v) is 4.04. The first-order valence-electron chi connectivity index (χ1n) is 4.12. The van der Waals surface area contributed by atoms with Crippen LogP contribution in [0, 0.1) is 0 Å². The van der Waals surface area contributed by atoms with Crippen molar-refractivity contribution in [2.24, 2.45) is 12.8 Å². The molecule has 3 N–H and O–H groups in total. The molecule has 0 radical (unpaired) electrons. The van der Waals surface area contributed by atoms with Crippen LogP contribution in [0.1, 0.15) is 6.92 Å². The second-order valence-electron chi connectivity index (χ2n) is 3.09. The maximum atomic E-state index is 11.6. The van der Waals surface area contributed by atoms with Gasteiger partial charge in [0.1, 0.15) is 5.25 Å². The molecule has 8 heteroatoms. The lowest BCUT2D eigenvalue weighted by Gasteiger charge is -2.11. The topological polar surface area (TPSA) is 90.0 Å². The van der Waals surface area contributed by atoms with Crippen molar-refractivity contribution in [3.63, 3.8) is 0 Å². The fraction of sp³-hybridized carbons (Fsp3) is 0.429. The van der Waals surface area contributed by atoms with Gasteiger partial charge in [-0.15, -0.1) is 0 Å². The largest absolute Gasteiger partial charge is 0.392 e. The van der Waals surface area contributed by atoms with E-state index in [1.165, 1.54) is 17.8 Å². The van der Waals surface area contributed by atoms with Gasteiger partial charge < -0.3 is 5.73 Å². The van der Waals surface area contributed by atoms with Gasteiger partial charge in [-0.3, -0.25) is 9.40 Å². The third-order valence-electron chi connectivity index (χ3n) is 1.83. The second kappa shape index (κ2) is 4.15. The normalized spacial score (nSPS) is 13.5. The molecular formula is C7H12N4O2S2. The average molecular weight is 248 g/mol. The van der Waals surface area contributed by atoms with Gasteiger partial charge in [-0.2, -0.15) is 5.10 Å². The number of hydrogen-bond donors (Lipinski definition) is 2. The predicted molar refractivity (Wildman–Crippen MR) is 62.0 cm³/mol. The number of rotatable bonds is 4. The molecule has 0 spiro atoms. The number of nitrogens with two attached hydrogens (primary N) is 1. The number of anilines is 1. The zero-order chi connectivity index (χ0) is 11.6. The summed E-state index contributed by atoms with van der Waals surface area (Å²) < 4.78 is 27.1. The van der Waals surface area contributed by atoms with E-state index in [2.05, 4.69) is 22.0 Å². The molecule has 0 saturated carbocycles. The minimum absolute atomic E-state index is 0.0635. The molecule has 1 unspecified atom stereocenters. The van der Waals surface area contributed by atoms with Crippen molar-refractivity contribution >= 4 is 32.9 Å². The van der Waals surface area contributed by atoms with Crippen LogP contribution in [0.2, 0.25) is 0 Å². The van der Waals surface area contributed by atoms with Crippen LogP contribution in [0.4, 0.5) is 5.69 Å². The highest BCUT2D eigenvalue weighted by molar-refractivity contribution is 7.95. The molecule has 0 aromatic carbocycles. The van der Waals surface area contributed by atoms with Crippen LogP contribution in [0.3, 0.4) is 0 Å². The van der Waals surface area contributed by atoms with Crippen molar-refractivity contribution in [3.8, 4) is 0 Å². The van der Waals surface area contributed by atoms with Crippen molar-refractivity contribution in [1.82, 2.24) is 9.78 Å². The summed E-state index contributed by atoms with van der Waals surface area (Å²) in [4.78, 5) is -0.0635. The summed E-state index contributed by atoms with van der Waals surface area (Å²) >= 11 is 4.63. The number of nitrogens with one attached hydrogen (secondary N) is 1. The summed E-state index contributed by atoms with van der Waals surface area (Å²) in [6.45, 7) is 1.43. The lowest BCUT2D eigenvalue weighted by Crippen LogP contribution is -2.35. The van der Waals surface area contributed by atoms with Crippen LogP contribution >= 0.6 is 12.2 Å². The maximum Gasteiger partial charge on any atom is 0.241 e. The van der Waals surface area contributed by atoms with E-state index in [4.69, 9.17) is 5.73 Å². The summed E-state index contributed by atoms with van der Waals surface area (Å²) in [6, 6.07) is 0. The first-order valence-corrected chi connectivity index (χ1v) is 6.08. The molecule has 1 rings (SSSR count). The molecule has 1 atom stereocenters. The van der Waals surface area contributed by atoms with Crippen molar-refractivity contribution < 1.29 is 8.42 Å². The molecule has 1 aromatic rings. The molecule has 0 aliphatic carbocycles. The minimum atomic E-state index is -3.57. The van der Waals surface area contributed by atoms with Gasteiger partial charge in [0.15, 0.2) is 0 Å². The van der Waals surface area contributed by atoms with E-state index in [9.17, 15) is 8.42 Å². The fourth-order valence-corrected chi connectivity index (χ4v) is 2.18. The Balaban J connectivity index is 2.86. The first kappa shape index (κ1) is 11.9. The maximum absolute atomic E-state index is 11.6. The lowest BCUT2D eigenvalue weighted by molar-refractivity contribution is 0.598. The first-order chi connectivity index (χ1) is 6.83. The summed E-state index contributed by atoms with van der Waals surface area (Å²) in [5, 5.41) is 2.92. The van der Waals surface area contributed by atoms with E-state index in [0.29, 0.717) is 5.69 Å². The number of hydrogen-bond acceptors (Lipinski definition) is 4. The molecular weight excluding hydrogens is 236 g/mol. The zero-order valence-corrected chi connectivity index (χ0v) is 9.97. The number of sulfonamides is 1. The highest BCUT2D eigenvalue weighted by atomic mass is 32.2. The summed E-state index contributed by atoms with van der Waals surface area (Å²) in [6.07, 6.45) is 2.95. The Labute approximate surface area is 93.5 Å². The lowest BCUT2D eigenvalue weighted by atomic mass is 10.5. The van der Waals surface area contributed by atoms with Gasteiger partial charge in [0, 0.05) is 13.2 Å². The Morgan fingerprint density at radius 2 is 2.33 bits per heavy atom. The summed E-state index contributed by atoms with van der Waals surface area (Å²) in [7, 11) is -1.88. The van der Waals surface area contributed by atoms with Crippen LogP contribution in [0.25, 0.3) is 0 Å². The number of aromatic nitrogens is 2.